The van der Waals surface area contributed by atoms with Crippen LogP contribution in [0.3, 0.4) is 0 Å². The highest BCUT2D eigenvalue weighted by Crippen LogP contribution is 2.59. The minimum absolute atomic E-state index is 0.116. The van der Waals surface area contributed by atoms with Crippen LogP contribution in [0, 0.1) is 11.3 Å². The number of rotatable bonds is 3. The quantitative estimate of drug-likeness (QED) is 0.827. The Morgan fingerprint density at radius 1 is 1.53 bits per heavy atom. The predicted molar refractivity (Wildman–Crippen MR) is 68.9 cm³/mol. The van der Waals surface area contributed by atoms with Gasteiger partial charge in [0.05, 0.1) is 0 Å². The van der Waals surface area contributed by atoms with E-state index in [1.165, 1.54) is 6.33 Å². The third kappa shape index (κ3) is 2.40. The molecule has 1 amide bonds. The zero-order valence-electron chi connectivity index (χ0n) is 10.8. The van der Waals surface area contributed by atoms with Crippen LogP contribution in [-0.4, -0.2) is 29.1 Å². The number of amides is 1. The lowest BCUT2D eigenvalue weighted by molar-refractivity contribution is -0.123. The highest BCUT2D eigenvalue weighted by atomic mass is 16.5. The number of aromatic nitrogens is 2. The number of anilines is 1. The monoisotopic (exact) mass is 262 g/mol. The van der Waals surface area contributed by atoms with Gasteiger partial charge in [-0.1, -0.05) is 0 Å². The summed E-state index contributed by atoms with van der Waals surface area (Å²) in [5.74, 6) is 0.680. The molecule has 0 radical (unpaired) electrons. The summed E-state index contributed by atoms with van der Waals surface area (Å²) < 4.78 is 5.35. The largest absolute Gasteiger partial charge is 0.383 e. The molecule has 2 fully saturated rings. The van der Waals surface area contributed by atoms with Crippen molar-refractivity contribution in [2.75, 3.05) is 18.9 Å². The average Bonchev–Trinajstić information content (AvgIpc) is 3.12. The molecule has 3 N–H and O–H groups in total. The van der Waals surface area contributed by atoms with Gasteiger partial charge in [0.15, 0.2) is 0 Å². The van der Waals surface area contributed by atoms with Gasteiger partial charge in [-0.15, -0.1) is 0 Å². The van der Waals surface area contributed by atoms with E-state index in [0.29, 0.717) is 12.4 Å². The molecule has 1 aromatic heterocycles. The highest BCUT2D eigenvalue weighted by molar-refractivity contribution is 5.82. The number of hydrogen-bond acceptors (Lipinski definition) is 5. The van der Waals surface area contributed by atoms with Crippen molar-refractivity contribution >= 4 is 11.7 Å². The second-order valence-corrected chi connectivity index (χ2v) is 5.38. The van der Waals surface area contributed by atoms with E-state index in [0.717, 1.165) is 38.0 Å². The fourth-order valence-corrected chi connectivity index (χ4v) is 2.86. The van der Waals surface area contributed by atoms with Crippen LogP contribution in [0.5, 0.6) is 0 Å². The lowest BCUT2D eigenvalue weighted by atomic mass is 9.93. The molecule has 0 aromatic carbocycles. The molecule has 1 aliphatic carbocycles. The Labute approximate surface area is 111 Å². The van der Waals surface area contributed by atoms with Crippen LogP contribution in [0.15, 0.2) is 12.5 Å². The molecule has 2 aliphatic rings. The third-order valence-electron chi connectivity index (χ3n) is 4.27. The van der Waals surface area contributed by atoms with Crippen molar-refractivity contribution in [1.29, 1.82) is 0 Å². The SMILES string of the molecule is Nc1ncncc1CNC(=O)C1CC12CCOCC2. The summed E-state index contributed by atoms with van der Waals surface area (Å²) in [7, 11) is 0. The molecule has 0 bridgehead atoms. The van der Waals surface area contributed by atoms with Gasteiger partial charge in [0, 0.05) is 37.4 Å². The molecular weight excluding hydrogens is 244 g/mol. The van der Waals surface area contributed by atoms with Crippen LogP contribution < -0.4 is 11.1 Å². The third-order valence-corrected chi connectivity index (χ3v) is 4.27. The summed E-state index contributed by atoms with van der Waals surface area (Å²) in [5.41, 5.74) is 6.69. The molecule has 1 unspecified atom stereocenters. The second kappa shape index (κ2) is 4.77. The molecule has 1 atom stereocenters. The Morgan fingerprint density at radius 3 is 3.05 bits per heavy atom. The topological polar surface area (TPSA) is 90.1 Å². The summed E-state index contributed by atoms with van der Waals surface area (Å²) in [6.45, 7) is 1.96. The molecule has 1 aliphatic heterocycles. The van der Waals surface area contributed by atoms with E-state index < -0.39 is 0 Å². The number of carbonyl (C=O) groups is 1. The van der Waals surface area contributed by atoms with Crippen LogP contribution in [0.4, 0.5) is 5.82 Å². The number of nitrogens with zero attached hydrogens (tertiary/aromatic N) is 2. The molecule has 1 spiro atoms. The maximum Gasteiger partial charge on any atom is 0.223 e. The second-order valence-electron chi connectivity index (χ2n) is 5.38. The summed E-state index contributed by atoms with van der Waals surface area (Å²) in [6.07, 6.45) is 6.03. The normalized spacial score (nSPS) is 24.1. The molecule has 6 heteroatoms. The lowest BCUT2D eigenvalue weighted by Gasteiger charge is -2.22. The number of nitrogens with two attached hydrogens (primary N) is 1. The van der Waals surface area contributed by atoms with Gasteiger partial charge in [0.25, 0.3) is 0 Å². The van der Waals surface area contributed by atoms with Crippen LogP contribution in [0.25, 0.3) is 0 Å². The van der Waals surface area contributed by atoms with Crippen molar-refractivity contribution in [2.45, 2.75) is 25.8 Å². The molecule has 1 aromatic rings. The van der Waals surface area contributed by atoms with Crippen LogP contribution in [0.2, 0.25) is 0 Å². The van der Waals surface area contributed by atoms with E-state index in [-0.39, 0.29) is 17.2 Å². The fraction of sp³-hybridized carbons (Fsp3) is 0.615. The zero-order valence-corrected chi connectivity index (χ0v) is 10.8. The first-order valence-electron chi connectivity index (χ1n) is 6.61. The molecule has 19 heavy (non-hydrogen) atoms. The van der Waals surface area contributed by atoms with Crippen LogP contribution in [-0.2, 0) is 16.1 Å². The Bertz CT molecular complexity index is 485. The van der Waals surface area contributed by atoms with Crippen molar-refractivity contribution in [3.63, 3.8) is 0 Å². The number of ether oxygens (including phenoxy) is 1. The zero-order chi connectivity index (χ0) is 13.3. The summed E-state index contributed by atoms with van der Waals surface area (Å²) in [6, 6.07) is 0. The molecule has 2 heterocycles. The lowest BCUT2D eigenvalue weighted by Crippen LogP contribution is -2.29. The molecule has 1 saturated heterocycles. The molecule has 1 saturated carbocycles. The van der Waals surface area contributed by atoms with E-state index in [1.54, 1.807) is 6.20 Å². The first kappa shape index (κ1) is 12.3. The summed E-state index contributed by atoms with van der Waals surface area (Å²) in [5, 5.41) is 2.93. The van der Waals surface area contributed by atoms with Gasteiger partial charge in [0.2, 0.25) is 5.91 Å². The first-order valence-corrected chi connectivity index (χ1v) is 6.61. The van der Waals surface area contributed by atoms with Crippen LogP contribution >= 0.6 is 0 Å². The van der Waals surface area contributed by atoms with Crippen molar-refractivity contribution in [2.24, 2.45) is 11.3 Å². The van der Waals surface area contributed by atoms with Crippen molar-refractivity contribution in [3.8, 4) is 0 Å². The Balaban J connectivity index is 1.54. The Kier molecular flexibility index (Phi) is 3.10. The van der Waals surface area contributed by atoms with Gasteiger partial charge in [-0.05, 0) is 24.7 Å². The minimum atomic E-state index is 0.116. The highest BCUT2D eigenvalue weighted by Gasteiger charge is 2.57. The van der Waals surface area contributed by atoms with E-state index in [1.807, 2.05) is 0 Å². The van der Waals surface area contributed by atoms with Gasteiger partial charge in [-0.25, -0.2) is 9.97 Å². The molecule has 6 nitrogen and oxygen atoms in total. The van der Waals surface area contributed by atoms with Gasteiger partial charge in [-0.2, -0.15) is 0 Å². The predicted octanol–water partition coefficient (Wildman–Crippen LogP) is 0.492. The maximum absolute atomic E-state index is 12.1. The van der Waals surface area contributed by atoms with Crippen molar-refractivity contribution < 1.29 is 9.53 Å². The molecular formula is C13H18N4O2. The van der Waals surface area contributed by atoms with E-state index in [9.17, 15) is 4.79 Å². The summed E-state index contributed by atoms with van der Waals surface area (Å²) in [4.78, 5) is 19.9. The van der Waals surface area contributed by atoms with Gasteiger partial charge < -0.3 is 15.8 Å². The average molecular weight is 262 g/mol. The van der Waals surface area contributed by atoms with E-state index in [2.05, 4.69) is 15.3 Å². The standard InChI is InChI=1S/C13H18N4O2/c14-11-9(6-15-8-17-11)7-16-12(18)10-5-13(10)1-3-19-4-2-13/h6,8,10H,1-5,7H2,(H,16,18)(H2,14,15,17). The van der Waals surface area contributed by atoms with Gasteiger partial charge in [0.1, 0.15) is 12.1 Å². The fourth-order valence-electron chi connectivity index (χ4n) is 2.86. The number of nitrogen functional groups attached to an aromatic ring is 1. The van der Waals surface area contributed by atoms with Gasteiger partial charge >= 0.3 is 0 Å². The van der Waals surface area contributed by atoms with Crippen molar-refractivity contribution in [3.05, 3.63) is 18.1 Å². The van der Waals surface area contributed by atoms with Crippen LogP contribution in [0.1, 0.15) is 24.8 Å². The molecule has 102 valence electrons. The Morgan fingerprint density at radius 2 is 2.32 bits per heavy atom. The number of hydrogen-bond donors (Lipinski definition) is 2. The maximum atomic E-state index is 12.1. The smallest absolute Gasteiger partial charge is 0.223 e. The molecule has 3 rings (SSSR count). The van der Waals surface area contributed by atoms with Gasteiger partial charge in [-0.3, -0.25) is 4.79 Å². The minimum Gasteiger partial charge on any atom is -0.383 e. The van der Waals surface area contributed by atoms with E-state index in [4.69, 9.17) is 10.5 Å². The van der Waals surface area contributed by atoms with Crippen molar-refractivity contribution in [1.82, 2.24) is 15.3 Å². The number of nitrogens with one attached hydrogen (secondary N) is 1. The number of carbonyl (C=O) groups excluding carboxylic acids is 1. The summed E-state index contributed by atoms with van der Waals surface area (Å²) >= 11 is 0. The van der Waals surface area contributed by atoms with E-state index >= 15 is 0 Å². The first-order chi connectivity index (χ1) is 9.21. The Hall–Kier alpha value is -1.69.